The number of pyridine rings is 1. The van der Waals surface area contributed by atoms with Crippen LogP contribution in [0.15, 0.2) is 59.7 Å². The Balaban J connectivity index is 1.77. The fourth-order valence-electron chi connectivity index (χ4n) is 3.33. The average molecular weight is 416 g/mol. The van der Waals surface area contributed by atoms with Gasteiger partial charge in [-0.3, -0.25) is 0 Å². The minimum atomic E-state index is -3.59. The van der Waals surface area contributed by atoms with Crippen molar-refractivity contribution in [3.05, 3.63) is 70.9 Å². The van der Waals surface area contributed by atoms with Crippen molar-refractivity contribution >= 4 is 38.2 Å². The smallest absolute Gasteiger partial charge is 0.247 e. The van der Waals surface area contributed by atoms with E-state index >= 15 is 0 Å². The van der Waals surface area contributed by atoms with E-state index in [4.69, 9.17) is 16.3 Å². The fourth-order valence-corrected chi connectivity index (χ4v) is 4.50. The van der Waals surface area contributed by atoms with E-state index < -0.39 is 16.1 Å². The monoisotopic (exact) mass is 415 g/mol. The highest BCUT2D eigenvalue weighted by atomic mass is 35.5. The Morgan fingerprint density at radius 2 is 1.86 bits per heavy atom. The first-order chi connectivity index (χ1) is 13.4. The molecule has 1 aliphatic heterocycles. The number of rotatable bonds is 4. The Bertz CT molecular complexity index is 1180. The van der Waals surface area contributed by atoms with Crippen LogP contribution in [0.4, 0.5) is 0 Å². The number of hydrogen-bond donors (Lipinski definition) is 0. The van der Waals surface area contributed by atoms with E-state index in [0.29, 0.717) is 17.7 Å². The zero-order valence-corrected chi connectivity index (χ0v) is 16.9. The van der Waals surface area contributed by atoms with Crippen LogP contribution in [0.3, 0.4) is 0 Å². The molecule has 0 radical (unpaired) electrons. The van der Waals surface area contributed by atoms with E-state index in [1.807, 2.05) is 54.6 Å². The number of fused-ring (bicyclic) bond motifs is 1. The number of benzene rings is 2. The van der Waals surface area contributed by atoms with Gasteiger partial charge >= 0.3 is 0 Å². The van der Waals surface area contributed by atoms with Gasteiger partial charge in [0.25, 0.3) is 0 Å². The summed E-state index contributed by atoms with van der Waals surface area (Å²) in [6, 6.07) is 16.3. The van der Waals surface area contributed by atoms with Gasteiger partial charge in [0.2, 0.25) is 10.0 Å². The lowest BCUT2D eigenvalue weighted by Gasteiger charge is -2.22. The van der Waals surface area contributed by atoms with E-state index in [2.05, 4.69) is 10.1 Å². The number of aromatic nitrogens is 1. The Morgan fingerprint density at radius 1 is 1.14 bits per heavy atom. The first-order valence-electron chi connectivity index (χ1n) is 8.63. The van der Waals surface area contributed by atoms with Crippen molar-refractivity contribution in [3.8, 4) is 5.75 Å². The van der Waals surface area contributed by atoms with Crippen molar-refractivity contribution in [1.82, 2.24) is 9.40 Å². The van der Waals surface area contributed by atoms with Crippen LogP contribution in [-0.2, 0) is 10.0 Å². The molecule has 0 amide bonds. The Hall–Kier alpha value is -2.64. The number of nitrogens with zero attached hydrogens (tertiary/aromatic N) is 3. The first kappa shape index (κ1) is 18.7. The van der Waals surface area contributed by atoms with Crippen LogP contribution in [0, 0.1) is 0 Å². The number of hydrazone groups is 1. The maximum atomic E-state index is 12.4. The molecule has 2 heterocycles. The van der Waals surface area contributed by atoms with Crippen LogP contribution >= 0.6 is 11.6 Å². The van der Waals surface area contributed by atoms with Crippen molar-refractivity contribution in [2.45, 2.75) is 12.5 Å². The predicted octanol–water partition coefficient (Wildman–Crippen LogP) is 4.01. The van der Waals surface area contributed by atoms with Crippen molar-refractivity contribution in [3.63, 3.8) is 0 Å². The van der Waals surface area contributed by atoms with Crippen molar-refractivity contribution in [2.24, 2.45) is 5.10 Å². The maximum Gasteiger partial charge on any atom is 0.247 e. The first-order valence-corrected chi connectivity index (χ1v) is 10.9. The highest BCUT2D eigenvalue weighted by molar-refractivity contribution is 7.88. The SMILES string of the molecule is COc1ccc(C2=NN(S(C)(=O)=O)[C@H](c3cc4ccccc4nc3Cl)C2)cc1. The quantitative estimate of drug-likeness (QED) is 0.603. The molecule has 1 aromatic heterocycles. The third kappa shape index (κ3) is 3.43. The van der Waals surface area contributed by atoms with Gasteiger partial charge in [0.1, 0.15) is 10.9 Å². The molecule has 0 N–H and O–H groups in total. The van der Waals surface area contributed by atoms with E-state index in [1.165, 1.54) is 0 Å². The molecule has 1 aliphatic rings. The molecule has 0 fully saturated rings. The second-order valence-electron chi connectivity index (χ2n) is 6.59. The van der Waals surface area contributed by atoms with Crippen LogP contribution in [0.1, 0.15) is 23.6 Å². The molecular weight excluding hydrogens is 398 g/mol. The topological polar surface area (TPSA) is 71.9 Å². The van der Waals surface area contributed by atoms with Gasteiger partial charge in [-0.2, -0.15) is 9.52 Å². The molecule has 8 heteroatoms. The molecule has 28 heavy (non-hydrogen) atoms. The summed E-state index contributed by atoms with van der Waals surface area (Å²) in [5.41, 5.74) is 2.90. The average Bonchev–Trinajstić information content (AvgIpc) is 3.13. The molecule has 4 rings (SSSR count). The number of sulfonamides is 1. The van der Waals surface area contributed by atoms with Gasteiger partial charge < -0.3 is 4.74 Å². The summed E-state index contributed by atoms with van der Waals surface area (Å²) in [4.78, 5) is 4.43. The molecule has 1 atom stereocenters. The van der Waals surface area contributed by atoms with Gasteiger partial charge in [-0.15, -0.1) is 0 Å². The normalized spacial score (nSPS) is 17.0. The number of hydrogen-bond acceptors (Lipinski definition) is 5. The molecule has 3 aromatic rings. The van der Waals surface area contributed by atoms with Crippen LogP contribution < -0.4 is 4.74 Å². The summed E-state index contributed by atoms with van der Waals surface area (Å²) in [7, 11) is -1.99. The van der Waals surface area contributed by atoms with Gasteiger partial charge in [0.05, 0.1) is 30.6 Å². The summed E-state index contributed by atoms with van der Waals surface area (Å²) < 4.78 is 31.1. The number of halogens is 1. The lowest BCUT2D eigenvalue weighted by molar-refractivity contribution is 0.374. The third-order valence-electron chi connectivity index (χ3n) is 4.70. The van der Waals surface area contributed by atoms with Gasteiger partial charge in [-0.25, -0.2) is 13.4 Å². The van der Waals surface area contributed by atoms with Crippen molar-refractivity contribution in [1.29, 1.82) is 0 Å². The molecular formula is C20H18ClN3O3S. The van der Waals surface area contributed by atoms with Gasteiger partial charge in [-0.1, -0.05) is 29.8 Å². The molecule has 0 unspecified atom stereocenters. The number of ether oxygens (including phenoxy) is 1. The second kappa shape index (κ2) is 7.07. The van der Waals surface area contributed by atoms with Crippen LogP contribution in [0.5, 0.6) is 5.75 Å². The van der Waals surface area contributed by atoms with Crippen LogP contribution in [0.2, 0.25) is 5.15 Å². The fraction of sp³-hybridized carbons (Fsp3) is 0.200. The predicted molar refractivity (Wildman–Crippen MR) is 110 cm³/mol. The highest BCUT2D eigenvalue weighted by Gasteiger charge is 2.36. The zero-order valence-electron chi connectivity index (χ0n) is 15.3. The van der Waals surface area contributed by atoms with E-state index in [9.17, 15) is 8.42 Å². The second-order valence-corrected chi connectivity index (χ2v) is 8.79. The third-order valence-corrected chi connectivity index (χ3v) is 6.02. The summed E-state index contributed by atoms with van der Waals surface area (Å²) in [5, 5.41) is 5.58. The minimum Gasteiger partial charge on any atom is -0.497 e. The van der Waals surface area contributed by atoms with Gasteiger partial charge in [0, 0.05) is 17.4 Å². The van der Waals surface area contributed by atoms with E-state index in [-0.39, 0.29) is 5.15 Å². The van der Waals surface area contributed by atoms with Crippen molar-refractivity contribution in [2.75, 3.05) is 13.4 Å². The summed E-state index contributed by atoms with van der Waals surface area (Å²) in [6.07, 6.45) is 1.54. The largest absolute Gasteiger partial charge is 0.497 e. The van der Waals surface area contributed by atoms with E-state index in [0.717, 1.165) is 32.9 Å². The standard InChI is InChI=1S/C20H18ClN3O3S/c1-27-15-9-7-13(8-10-15)18-12-19(24(23-18)28(2,25)26)16-11-14-5-3-4-6-17(14)22-20(16)21/h3-11,19H,12H2,1-2H3/t19-/m0/s1. The Morgan fingerprint density at radius 3 is 2.54 bits per heavy atom. The molecule has 0 aliphatic carbocycles. The molecule has 0 saturated heterocycles. The zero-order chi connectivity index (χ0) is 19.9. The molecule has 6 nitrogen and oxygen atoms in total. The summed E-state index contributed by atoms with van der Waals surface area (Å²) >= 11 is 6.43. The van der Waals surface area contributed by atoms with Crippen LogP contribution in [-0.4, -0.2) is 36.9 Å². The highest BCUT2D eigenvalue weighted by Crippen LogP contribution is 2.38. The minimum absolute atomic E-state index is 0.281. The van der Waals surface area contributed by atoms with Crippen LogP contribution in [0.25, 0.3) is 10.9 Å². The van der Waals surface area contributed by atoms with Crippen molar-refractivity contribution < 1.29 is 13.2 Å². The molecule has 0 saturated carbocycles. The Labute approximate surface area is 168 Å². The summed E-state index contributed by atoms with van der Waals surface area (Å²) in [5.74, 6) is 0.723. The lowest BCUT2D eigenvalue weighted by Crippen LogP contribution is -2.26. The number of para-hydroxylation sites is 1. The molecule has 144 valence electrons. The lowest BCUT2D eigenvalue weighted by atomic mass is 9.99. The van der Waals surface area contributed by atoms with E-state index in [1.54, 1.807) is 7.11 Å². The maximum absolute atomic E-state index is 12.4. The van der Waals surface area contributed by atoms with Gasteiger partial charge in [-0.05, 0) is 42.0 Å². The molecule has 2 aromatic carbocycles. The summed E-state index contributed by atoms with van der Waals surface area (Å²) in [6.45, 7) is 0. The number of methoxy groups -OCH3 is 1. The molecule has 0 bridgehead atoms. The Kier molecular flexibility index (Phi) is 4.72. The molecule has 0 spiro atoms. The van der Waals surface area contributed by atoms with Gasteiger partial charge in [0.15, 0.2) is 0 Å².